The molecule has 1 amide bonds. The Kier molecular flexibility index (Phi) is 11.6. The molecule has 8 atom stereocenters. The van der Waals surface area contributed by atoms with Crippen molar-refractivity contribution in [3.8, 4) is 0 Å². The van der Waals surface area contributed by atoms with Crippen molar-refractivity contribution in [1.29, 1.82) is 0 Å². The van der Waals surface area contributed by atoms with Gasteiger partial charge in [-0.2, -0.15) is 0 Å². The van der Waals surface area contributed by atoms with Crippen LogP contribution in [0.4, 0.5) is 0 Å². The second-order valence-corrected chi connectivity index (χ2v) is 22.9. The average Bonchev–Trinajstić information content (AvgIpc) is 3.47. The van der Waals surface area contributed by atoms with Gasteiger partial charge in [0.1, 0.15) is 5.60 Å². The number of fused-ring (bicyclic) bond motifs is 7. The van der Waals surface area contributed by atoms with Crippen LogP contribution in [0.2, 0.25) is 5.02 Å². The fourth-order valence-electron chi connectivity index (χ4n) is 14.1. The number of Topliss-reactive ketones (excluding diaryl/α,β-unsaturated/α-hetero) is 1. The summed E-state index contributed by atoms with van der Waals surface area (Å²) in [4.78, 5) is 47.3. The van der Waals surface area contributed by atoms with E-state index in [1.807, 2.05) is 57.2 Å². The molecule has 0 bridgehead atoms. The summed E-state index contributed by atoms with van der Waals surface area (Å²) in [6.07, 6.45) is 9.92. The topological polar surface area (TPSA) is 66.9 Å². The van der Waals surface area contributed by atoms with Crippen molar-refractivity contribution in [2.45, 2.75) is 139 Å². The van der Waals surface area contributed by atoms with E-state index in [0.717, 1.165) is 62.6 Å². The van der Waals surface area contributed by atoms with Gasteiger partial charge in [-0.1, -0.05) is 90.4 Å². The lowest BCUT2D eigenvalue weighted by atomic mass is 9.33. The minimum absolute atomic E-state index is 0.0460. The molecule has 0 aliphatic heterocycles. The van der Waals surface area contributed by atoms with Crippen LogP contribution >= 0.6 is 11.6 Å². The molecule has 0 saturated heterocycles. The van der Waals surface area contributed by atoms with Crippen LogP contribution in [0.3, 0.4) is 0 Å². The molecule has 3 fully saturated rings. The van der Waals surface area contributed by atoms with Gasteiger partial charge in [-0.05, 0) is 184 Å². The fourth-order valence-corrected chi connectivity index (χ4v) is 14.2. The Morgan fingerprint density at radius 1 is 0.833 bits per heavy atom. The van der Waals surface area contributed by atoms with Crippen LogP contribution in [0, 0.1) is 50.7 Å². The standard InChI is InChI=1S/C53H73ClN2O4/c1-33(2)44-41(57)32-53(47(59)56(31-30-55(12)13)34(3)35-18-20-38(54)21-19-35)29-28-51(10)40(45(44)53)22-23-43-50(9)26-24-39(49(7,8)42(50)25-27-52(43,51)11)36-14-16-37(17-15-36)46(58)60-48(4,5)6/h14-21,24,33-34,40,42-43H,22-23,25-32H2,1-13H3/t34-,40-,42+,43-,50+,51-,52-,53-/m1/s1. The van der Waals surface area contributed by atoms with Gasteiger partial charge in [-0.25, -0.2) is 4.79 Å². The third kappa shape index (κ3) is 7.16. The smallest absolute Gasteiger partial charge is 0.338 e. The molecule has 0 aromatic heterocycles. The number of carbonyl (C=O) groups is 3. The third-order valence-corrected chi connectivity index (χ3v) is 17.4. The average molecular weight is 838 g/mol. The number of carbonyl (C=O) groups excluding carboxylic acids is 3. The SMILES string of the molecule is CC(C)C1=C2[C@H]3CC[C@@H]4[C@@]5(C)CC=C(c6ccc(C(=O)OC(C)(C)C)cc6)C(C)(C)[C@@H]5CC[C@@]4(C)[C@]3(C)CC[C@@]2(C(=O)N(CCN(C)C)[C@H](C)c2ccc(Cl)cc2)CC1=O. The summed E-state index contributed by atoms with van der Waals surface area (Å²) in [5, 5.41) is 0.683. The zero-order valence-electron chi connectivity index (χ0n) is 39.1. The lowest BCUT2D eigenvalue weighted by Crippen LogP contribution is -2.64. The number of allylic oxidation sites excluding steroid dienone is 3. The maximum Gasteiger partial charge on any atom is 0.338 e. The highest BCUT2D eigenvalue weighted by atomic mass is 35.5. The van der Waals surface area contributed by atoms with E-state index >= 15 is 4.79 Å². The molecule has 326 valence electrons. The van der Waals surface area contributed by atoms with Gasteiger partial charge >= 0.3 is 5.97 Å². The van der Waals surface area contributed by atoms with Crippen molar-refractivity contribution in [1.82, 2.24) is 9.80 Å². The van der Waals surface area contributed by atoms with E-state index in [0.29, 0.717) is 35.4 Å². The summed E-state index contributed by atoms with van der Waals surface area (Å²) >= 11 is 6.33. The molecular formula is C53H73ClN2O4. The van der Waals surface area contributed by atoms with Gasteiger partial charge in [0, 0.05) is 24.5 Å². The second kappa shape index (κ2) is 15.5. The number of rotatable bonds is 9. The van der Waals surface area contributed by atoms with Gasteiger partial charge in [0.15, 0.2) is 5.78 Å². The summed E-state index contributed by atoms with van der Waals surface area (Å²) in [6, 6.07) is 15.8. The van der Waals surface area contributed by atoms with Crippen LogP contribution in [-0.2, 0) is 14.3 Å². The van der Waals surface area contributed by atoms with E-state index in [-0.39, 0.29) is 57.2 Å². The van der Waals surface area contributed by atoms with Crippen LogP contribution < -0.4 is 0 Å². The monoisotopic (exact) mass is 837 g/mol. The predicted octanol–water partition coefficient (Wildman–Crippen LogP) is 12.4. The molecule has 0 radical (unpaired) electrons. The highest BCUT2D eigenvalue weighted by Crippen LogP contribution is 2.77. The van der Waals surface area contributed by atoms with Crippen LogP contribution in [0.15, 0.2) is 65.8 Å². The molecule has 3 saturated carbocycles. The minimum atomic E-state index is -0.804. The number of amides is 1. The van der Waals surface area contributed by atoms with E-state index in [1.165, 1.54) is 16.7 Å². The highest BCUT2D eigenvalue weighted by Gasteiger charge is 2.70. The molecule has 0 spiro atoms. The quantitative estimate of drug-likeness (QED) is 0.235. The molecule has 5 aliphatic carbocycles. The minimum Gasteiger partial charge on any atom is -0.456 e. The zero-order valence-corrected chi connectivity index (χ0v) is 39.8. The van der Waals surface area contributed by atoms with Crippen LogP contribution in [0.1, 0.15) is 155 Å². The van der Waals surface area contributed by atoms with E-state index in [2.05, 4.69) is 97.5 Å². The number of hydrogen-bond acceptors (Lipinski definition) is 5. The van der Waals surface area contributed by atoms with E-state index in [4.69, 9.17) is 16.3 Å². The van der Waals surface area contributed by atoms with Crippen molar-refractivity contribution in [3.63, 3.8) is 0 Å². The highest BCUT2D eigenvalue weighted by molar-refractivity contribution is 6.30. The molecule has 6 nitrogen and oxygen atoms in total. The Morgan fingerprint density at radius 3 is 2.08 bits per heavy atom. The van der Waals surface area contributed by atoms with Crippen molar-refractivity contribution < 1.29 is 19.1 Å². The summed E-state index contributed by atoms with van der Waals surface area (Å²) in [6.45, 7) is 26.2. The Labute approximate surface area is 366 Å². The molecule has 0 unspecified atom stereocenters. The number of nitrogens with zero attached hydrogens (tertiary/aromatic N) is 2. The van der Waals surface area contributed by atoms with Crippen molar-refractivity contribution in [2.75, 3.05) is 27.2 Å². The van der Waals surface area contributed by atoms with Crippen molar-refractivity contribution >= 4 is 34.8 Å². The van der Waals surface area contributed by atoms with Crippen LogP contribution in [0.5, 0.6) is 0 Å². The first-order valence-electron chi connectivity index (χ1n) is 22.9. The lowest BCUT2D eigenvalue weighted by Gasteiger charge is -2.71. The maximum absolute atomic E-state index is 15.7. The number of halogens is 1. The summed E-state index contributed by atoms with van der Waals surface area (Å²) in [5.41, 5.74) is 5.10. The Bertz CT molecular complexity index is 2070. The maximum atomic E-state index is 15.7. The van der Waals surface area contributed by atoms with E-state index in [1.54, 1.807) is 0 Å². The van der Waals surface area contributed by atoms with Crippen LogP contribution in [0.25, 0.3) is 5.57 Å². The summed E-state index contributed by atoms with van der Waals surface area (Å²) in [5.74, 6) is 1.31. The van der Waals surface area contributed by atoms with Crippen LogP contribution in [-0.4, -0.2) is 60.2 Å². The number of ether oxygens (including phenoxy) is 1. The molecule has 5 aliphatic rings. The Balaban J connectivity index is 1.23. The second-order valence-electron chi connectivity index (χ2n) is 22.4. The van der Waals surface area contributed by atoms with Gasteiger partial charge in [-0.3, -0.25) is 9.59 Å². The van der Waals surface area contributed by atoms with Crippen molar-refractivity contribution in [3.05, 3.63) is 87.5 Å². The molecule has 0 heterocycles. The normalized spacial score (nSPS) is 32.8. The first-order chi connectivity index (χ1) is 27.9. The molecule has 2 aromatic carbocycles. The van der Waals surface area contributed by atoms with Gasteiger partial charge in [0.05, 0.1) is 17.0 Å². The lowest BCUT2D eigenvalue weighted by molar-refractivity contribution is -0.198. The van der Waals surface area contributed by atoms with Gasteiger partial charge < -0.3 is 14.5 Å². The molecule has 0 N–H and O–H groups in total. The molecule has 60 heavy (non-hydrogen) atoms. The Morgan fingerprint density at radius 2 is 1.48 bits per heavy atom. The number of benzene rings is 2. The zero-order chi connectivity index (χ0) is 44.0. The Hall–Kier alpha value is -3.22. The summed E-state index contributed by atoms with van der Waals surface area (Å²) < 4.78 is 5.66. The number of hydrogen-bond donors (Lipinski definition) is 0. The van der Waals surface area contributed by atoms with E-state index in [9.17, 15) is 9.59 Å². The number of likely N-dealkylation sites (N-methyl/N-ethyl adjacent to an activating group) is 1. The first kappa shape index (κ1) is 44.8. The number of ketones is 1. The molecule has 7 heteroatoms. The van der Waals surface area contributed by atoms with Crippen molar-refractivity contribution in [2.24, 2.45) is 50.7 Å². The molecule has 7 rings (SSSR count). The summed E-state index contributed by atoms with van der Waals surface area (Å²) in [7, 11) is 4.12. The molecular weight excluding hydrogens is 764 g/mol. The fraction of sp³-hybridized carbons (Fsp3) is 0.642. The molecule has 2 aromatic rings. The third-order valence-electron chi connectivity index (χ3n) is 17.1. The number of esters is 1. The van der Waals surface area contributed by atoms with E-state index < -0.39 is 11.0 Å². The largest absolute Gasteiger partial charge is 0.456 e. The van der Waals surface area contributed by atoms with Gasteiger partial charge in [0.2, 0.25) is 5.91 Å². The van der Waals surface area contributed by atoms with Gasteiger partial charge in [-0.15, -0.1) is 0 Å². The predicted molar refractivity (Wildman–Crippen MR) is 245 cm³/mol. The first-order valence-corrected chi connectivity index (χ1v) is 23.3. The van der Waals surface area contributed by atoms with Gasteiger partial charge in [0.25, 0.3) is 0 Å².